The van der Waals surface area contributed by atoms with Crippen molar-refractivity contribution in [3.63, 3.8) is 0 Å². The van der Waals surface area contributed by atoms with Crippen molar-refractivity contribution in [2.75, 3.05) is 26.2 Å². The molecule has 2 heterocycles. The van der Waals surface area contributed by atoms with Crippen molar-refractivity contribution in [2.45, 2.75) is 25.4 Å². The Labute approximate surface area is 103 Å². The molecule has 0 bridgehead atoms. The number of hydrogen-bond donors (Lipinski definition) is 2. The van der Waals surface area contributed by atoms with E-state index in [-0.39, 0.29) is 0 Å². The molecule has 0 unspecified atom stereocenters. The third-order valence-electron chi connectivity index (χ3n) is 3.28. The van der Waals surface area contributed by atoms with Crippen molar-refractivity contribution < 1.29 is 0 Å². The van der Waals surface area contributed by atoms with Crippen LogP contribution >= 0.6 is 0 Å². The lowest BCUT2D eigenvalue weighted by Crippen LogP contribution is -2.43. The molecule has 0 aliphatic carbocycles. The van der Waals surface area contributed by atoms with Crippen LogP contribution in [0.1, 0.15) is 18.5 Å². The van der Waals surface area contributed by atoms with Crippen molar-refractivity contribution in [3.05, 3.63) is 30.1 Å². The molecule has 0 saturated carbocycles. The molecule has 0 radical (unpaired) electrons. The second-order valence-electron chi connectivity index (χ2n) is 4.61. The predicted molar refractivity (Wildman–Crippen MR) is 69.6 cm³/mol. The first-order chi connectivity index (χ1) is 8.38. The van der Waals surface area contributed by atoms with E-state index in [1.165, 1.54) is 18.5 Å². The molecule has 1 fully saturated rings. The van der Waals surface area contributed by atoms with Gasteiger partial charge in [-0.2, -0.15) is 0 Å². The zero-order valence-electron chi connectivity index (χ0n) is 10.3. The molecule has 0 amide bonds. The van der Waals surface area contributed by atoms with Crippen LogP contribution in [0.4, 0.5) is 0 Å². The van der Waals surface area contributed by atoms with Crippen molar-refractivity contribution in [2.24, 2.45) is 5.73 Å². The fourth-order valence-corrected chi connectivity index (χ4v) is 2.30. The van der Waals surface area contributed by atoms with Crippen LogP contribution in [0.15, 0.2) is 24.4 Å². The molecule has 1 aliphatic rings. The molecule has 17 heavy (non-hydrogen) atoms. The number of nitrogens with zero attached hydrogens (tertiary/aromatic N) is 2. The summed E-state index contributed by atoms with van der Waals surface area (Å²) in [5, 5.41) is 3.49. The van der Waals surface area contributed by atoms with E-state index < -0.39 is 0 Å². The average molecular weight is 234 g/mol. The Hall–Kier alpha value is -0.970. The minimum atomic E-state index is 0.651. The quantitative estimate of drug-likeness (QED) is 0.783. The van der Waals surface area contributed by atoms with Gasteiger partial charge in [0.15, 0.2) is 0 Å². The van der Waals surface area contributed by atoms with Gasteiger partial charge in [0.25, 0.3) is 0 Å². The van der Waals surface area contributed by atoms with Gasteiger partial charge in [-0.3, -0.25) is 9.88 Å². The van der Waals surface area contributed by atoms with Gasteiger partial charge in [-0.25, -0.2) is 0 Å². The van der Waals surface area contributed by atoms with E-state index >= 15 is 0 Å². The van der Waals surface area contributed by atoms with E-state index in [1.807, 2.05) is 12.3 Å². The molecule has 94 valence electrons. The number of piperidine rings is 1. The fraction of sp³-hybridized carbons (Fsp3) is 0.615. The Bertz CT molecular complexity index is 306. The second-order valence-corrected chi connectivity index (χ2v) is 4.61. The summed E-state index contributed by atoms with van der Waals surface area (Å²) >= 11 is 0. The van der Waals surface area contributed by atoms with E-state index in [0.29, 0.717) is 6.04 Å². The molecule has 2 rings (SSSR count). The summed E-state index contributed by atoms with van der Waals surface area (Å²) in [7, 11) is 0. The van der Waals surface area contributed by atoms with Crippen molar-refractivity contribution in [1.82, 2.24) is 15.2 Å². The number of nitrogens with one attached hydrogen (secondary N) is 1. The van der Waals surface area contributed by atoms with Gasteiger partial charge in [-0.1, -0.05) is 6.07 Å². The smallest absolute Gasteiger partial charge is 0.0543 e. The maximum Gasteiger partial charge on any atom is 0.0543 e. The maximum absolute atomic E-state index is 5.49. The number of aromatic nitrogens is 1. The normalized spacial score (nSPS) is 18.4. The Morgan fingerprint density at radius 2 is 2.18 bits per heavy atom. The van der Waals surface area contributed by atoms with Gasteiger partial charge in [0.2, 0.25) is 0 Å². The third-order valence-corrected chi connectivity index (χ3v) is 3.28. The van der Waals surface area contributed by atoms with Crippen molar-refractivity contribution in [3.8, 4) is 0 Å². The van der Waals surface area contributed by atoms with E-state index in [1.54, 1.807) is 0 Å². The summed E-state index contributed by atoms with van der Waals surface area (Å²) in [6, 6.07) is 6.77. The highest BCUT2D eigenvalue weighted by Crippen LogP contribution is 2.12. The Kier molecular flexibility index (Phi) is 4.91. The highest BCUT2D eigenvalue weighted by molar-refractivity contribution is 5.03. The number of likely N-dealkylation sites (tertiary alicyclic amines) is 1. The lowest BCUT2D eigenvalue weighted by Gasteiger charge is -2.32. The predicted octanol–water partition coefficient (Wildman–Crippen LogP) is 0.594. The van der Waals surface area contributed by atoms with Crippen molar-refractivity contribution in [1.29, 1.82) is 0 Å². The highest BCUT2D eigenvalue weighted by atomic mass is 15.1. The van der Waals surface area contributed by atoms with Crippen molar-refractivity contribution >= 4 is 0 Å². The first-order valence-corrected chi connectivity index (χ1v) is 6.44. The highest BCUT2D eigenvalue weighted by Gasteiger charge is 2.18. The van der Waals surface area contributed by atoms with Crippen LogP contribution in [-0.4, -0.2) is 42.1 Å². The van der Waals surface area contributed by atoms with Gasteiger partial charge in [0.1, 0.15) is 0 Å². The van der Waals surface area contributed by atoms with Crippen LogP contribution in [0.2, 0.25) is 0 Å². The molecule has 0 atom stereocenters. The lowest BCUT2D eigenvalue weighted by atomic mass is 10.0. The van der Waals surface area contributed by atoms with Crippen LogP contribution in [0.25, 0.3) is 0 Å². The lowest BCUT2D eigenvalue weighted by molar-refractivity contribution is 0.189. The maximum atomic E-state index is 5.49. The molecule has 1 aromatic heterocycles. The molecule has 4 heteroatoms. The summed E-state index contributed by atoms with van der Waals surface area (Å²) in [6.07, 6.45) is 4.30. The topological polar surface area (TPSA) is 54.2 Å². The number of rotatable bonds is 5. The van der Waals surface area contributed by atoms with Crippen LogP contribution in [0, 0.1) is 0 Å². The van der Waals surface area contributed by atoms with Gasteiger partial charge in [-0.15, -0.1) is 0 Å². The summed E-state index contributed by atoms with van der Waals surface area (Å²) in [4.78, 5) is 6.84. The summed E-state index contributed by atoms with van der Waals surface area (Å²) in [5.74, 6) is 0. The summed E-state index contributed by atoms with van der Waals surface area (Å²) < 4.78 is 0. The summed E-state index contributed by atoms with van der Waals surface area (Å²) in [6.45, 7) is 4.95. The first-order valence-electron chi connectivity index (χ1n) is 6.44. The molecule has 4 nitrogen and oxygen atoms in total. The van der Waals surface area contributed by atoms with Crippen LogP contribution in [0.3, 0.4) is 0 Å². The minimum Gasteiger partial charge on any atom is -0.329 e. The fourth-order valence-electron chi connectivity index (χ4n) is 2.30. The molecule has 0 aromatic carbocycles. The molecule has 1 aromatic rings. The average Bonchev–Trinajstić information content (AvgIpc) is 2.39. The van der Waals surface area contributed by atoms with Gasteiger partial charge in [0.05, 0.1) is 5.69 Å². The Balaban J connectivity index is 1.72. The standard InChI is InChI=1S/C13H22N4/c14-6-8-16-12-4-9-17(10-5-12)11-13-3-1-2-7-15-13/h1-3,7,12,16H,4-6,8-11,14H2. The van der Waals surface area contributed by atoms with Gasteiger partial charge in [0, 0.05) is 45.0 Å². The molecule has 0 spiro atoms. The molecule has 1 aliphatic heterocycles. The third kappa shape index (κ3) is 4.07. The van der Waals surface area contributed by atoms with E-state index in [9.17, 15) is 0 Å². The van der Waals surface area contributed by atoms with Crippen LogP contribution < -0.4 is 11.1 Å². The van der Waals surface area contributed by atoms with Gasteiger partial charge < -0.3 is 11.1 Å². The zero-order valence-corrected chi connectivity index (χ0v) is 10.3. The van der Waals surface area contributed by atoms with Crippen LogP contribution in [0.5, 0.6) is 0 Å². The monoisotopic (exact) mass is 234 g/mol. The van der Waals surface area contributed by atoms with Gasteiger partial charge >= 0.3 is 0 Å². The molecular formula is C13H22N4. The minimum absolute atomic E-state index is 0.651. The zero-order chi connectivity index (χ0) is 11.9. The molecule has 1 saturated heterocycles. The van der Waals surface area contributed by atoms with Crippen LogP contribution in [-0.2, 0) is 6.54 Å². The number of hydrogen-bond acceptors (Lipinski definition) is 4. The first kappa shape index (κ1) is 12.5. The number of nitrogens with two attached hydrogens (primary N) is 1. The van der Waals surface area contributed by atoms with E-state index in [2.05, 4.69) is 27.3 Å². The molecule has 3 N–H and O–H groups in total. The Morgan fingerprint density at radius 3 is 2.82 bits per heavy atom. The SMILES string of the molecule is NCCNC1CCN(Cc2ccccn2)CC1. The number of pyridine rings is 1. The van der Waals surface area contributed by atoms with E-state index in [0.717, 1.165) is 32.7 Å². The van der Waals surface area contributed by atoms with Gasteiger partial charge in [-0.05, 0) is 25.0 Å². The second kappa shape index (κ2) is 6.69. The largest absolute Gasteiger partial charge is 0.329 e. The van der Waals surface area contributed by atoms with E-state index in [4.69, 9.17) is 5.73 Å². The molecular weight excluding hydrogens is 212 g/mol. The Morgan fingerprint density at radius 1 is 1.35 bits per heavy atom. The summed E-state index contributed by atoms with van der Waals surface area (Å²) in [5.41, 5.74) is 6.66.